The van der Waals surface area contributed by atoms with Crippen molar-refractivity contribution < 1.29 is 28.6 Å². The number of rotatable bonds is 50. The van der Waals surface area contributed by atoms with Crippen molar-refractivity contribution in [2.24, 2.45) is 0 Å². The van der Waals surface area contributed by atoms with E-state index in [0.29, 0.717) is 19.3 Å². The standard InChI is InChI=1S/C64H104O6/c1-4-7-10-13-16-19-22-25-28-31-32-34-36-39-42-45-48-51-54-57-63(66)69-60-61(59-68-62(65)56-53-50-47-44-41-38-35-30-27-24-21-18-15-12-9-6-3)70-64(67)58-55-52-49-46-43-40-37-33-29-26-23-20-17-14-11-8-5-2/h7,9-10,12-13,16,18-19,21-22,25,27-28,30-32,34,36,39,42,61H,4-6,8,11,14-15,17,20,23-24,26,29,33,35,37-38,40-41,43-60H2,1-3H3/b10-7-,12-9-,16-13-,21-18-,22-19-,28-25-,30-27-,32-31+,36-34-,42-39-. The molecule has 0 aliphatic heterocycles. The second-order valence-electron chi connectivity index (χ2n) is 18.6. The molecule has 0 spiro atoms. The first kappa shape index (κ1) is 65.8. The molecule has 396 valence electrons. The lowest BCUT2D eigenvalue weighted by Gasteiger charge is -2.18. The average molecular weight is 970 g/mol. The first-order valence-corrected chi connectivity index (χ1v) is 28.6. The van der Waals surface area contributed by atoms with Crippen molar-refractivity contribution in [3.63, 3.8) is 0 Å². The fourth-order valence-electron chi connectivity index (χ4n) is 7.68. The van der Waals surface area contributed by atoms with Gasteiger partial charge in [-0.15, -0.1) is 0 Å². The maximum absolute atomic E-state index is 12.9. The summed E-state index contributed by atoms with van der Waals surface area (Å²) >= 11 is 0. The topological polar surface area (TPSA) is 78.9 Å². The number of hydrogen-bond acceptors (Lipinski definition) is 6. The number of carbonyl (C=O) groups excluding carboxylic acids is 3. The van der Waals surface area contributed by atoms with Crippen LogP contribution in [0.25, 0.3) is 0 Å². The molecule has 0 radical (unpaired) electrons. The molecule has 0 amide bonds. The average Bonchev–Trinajstić information content (AvgIpc) is 3.36. The van der Waals surface area contributed by atoms with E-state index in [1.54, 1.807) is 0 Å². The van der Waals surface area contributed by atoms with Gasteiger partial charge in [-0.25, -0.2) is 0 Å². The Morgan fingerprint density at radius 2 is 0.629 bits per heavy atom. The second kappa shape index (κ2) is 57.4. The highest BCUT2D eigenvalue weighted by atomic mass is 16.6. The van der Waals surface area contributed by atoms with Crippen molar-refractivity contribution in [3.05, 3.63) is 122 Å². The lowest BCUT2D eigenvalue weighted by Crippen LogP contribution is -2.30. The van der Waals surface area contributed by atoms with E-state index in [9.17, 15) is 14.4 Å². The number of carbonyl (C=O) groups is 3. The number of esters is 3. The zero-order valence-corrected chi connectivity index (χ0v) is 45.2. The summed E-state index contributed by atoms with van der Waals surface area (Å²) in [6.45, 7) is 6.34. The van der Waals surface area contributed by atoms with E-state index in [1.807, 2.05) is 72.9 Å². The summed E-state index contributed by atoms with van der Waals surface area (Å²) in [5.41, 5.74) is 0. The lowest BCUT2D eigenvalue weighted by molar-refractivity contribution is -0.167. The van der Waals surface area contributed by atoms with Crippen LogP contribution in [0.15, 0.2) is 122 Å². The first-order valence-electron chi connectivity index (χ1n) is 28.6. The van der Waals surface area contributed by atoms with E-state index < -0.39 is 6.10 Å². The minimum absolute atomic E-state index is 0.101. The lowest BCUT2D eigenvalue weighted by atomic mass is 10.0. The van der Waals surface area contributed by atoms with E-state index in [-0.39, 0.29) is 31.1 Å². The van der Waals surface area contributed by atoms with Crippen LogP contribution in [0.4, 0.5) is 0 Å². The van der Waals surface area contributed by atoms with Crippen molar-refractivity contribution in [1.29, 1.82) is 0 Å². The van der Waals surface area contributed by atoms with E-state index in [1.165, 1.54) is 103 Å². The smallest absolute Gasteiger partial charge is 0.306 e. The monoisotopic (exact) mass is 969 g/mol. The van der Waals surface area contributed by atoms with E-state index in [4.69, 9.17) is 14.2 Å². The SMILES string of the molecule is CC\C=C/C=C\C=C/C=C\C=C\C=C/C=C\CCCCCC(=O)OCC(COC(=O)CCCCCCCC/C=C\C/C=C\C/C=C\CC)OC(=O)CCCCCCCCCCCCCCCCCCC. The van der Waals surface area contributed by atoms with Crippen LogP contribution in [0.3, 0.4) is 0 Å². The highest BCUT2D eigenvalue weighted by Gasteiger charge is 2.19. The maximum atomic E-state index is 12.9. The molecule has 0 saturated carbocycles. The minimum atomic E-state index is -0.805. The molecule has 1 atom stereocenters. The molecule has 0 heterocycles. The molecule has 6 nitrogen and oxygen atoms in total. The van der Waals surface area contributed by atoms with Gasteiger partial charge in [-0.3, -0.25) is 14.4 Å². The van der Waals surface area contributed by atoms with Gasteiger partial charge in [-0.05, 0) is 70.6 Å². The molecule has 0 aromatic heterocycles. The summed E-state index contributed by atoms with van der Waals surface area (Å²) in [6, 6.07) is 0. The van der Waals surface area contributed by atoms with Gasteiger partial charge in [0.15, 0.2) is 6.10 Å². The van der Waals surface area contributed by atoms with Crippen LogP contribution in [-0.2, 0) is 28.6 Å². The molecular weight excluding hydrogens is 865 g/mol. The third kappa shape index (κ3) is 54.7. The third-order valence-electron chi connectivity index (χ3n) is 11.9. The van der Waals surface area contributed by atoms with Gasteiger partial charge in [0.2, 0.25) is 0 Å². The summed E-state index contributed by atoms with van der Waals surface area (Å²) in [6.07, 6.45) is 78.9. The third-order valence-corrected chi connectivity index (χ3v) is 11.9. The zero-order chi connectivity index (χ0) is 50.7. The molecule has 0 rings (SSSR count). The Kier molecular flexibility index (Phi) is 54.0. The van der Waals surface area contributed by atoms with E-state index >= 15 is 0 Å². The van der Waals surface area contributed by atoms with Gasteiger partial charge in [-0.1, -0.05) is 277 Å². The molecule has 70 heavy (non-hydrogen) atoms. The van der Waals surface area contributed by atoms with Crippen molar-refractivity contribution >= 4 is 17.9 Å². The Morgan fingerprint density at radius 3 is 1.06 bits per heavy atom. The minimum Gasteiger partial charge on any atom is -0.462 e. The van der Waals surface area contributed by atoms with E-state index in [2.05, 4.69) is 69.4 Å². The number of unbranched alkanes of at least 4 members (excludes halogenated alkanes) is 25. The predicted octanol–water partition coefficient (Wildman–Crippen LogP) is 19.3. The highest BCUT2D eigenvalue weighted by molar-refractivity contribution is 5.71. The fraction of sp³-hybridized carbons (Fsp3) is 0.641. The van der Waals surface area contributed by atoms with Crippen LogP contribution in [0.1, 0.15) is 245 Å². The molecule has 0 N–H and O–H groups in total. The summed E-state index contributed by atoms with van der Waals surface area (Å²) in [4.78, 5) is 38.2. The van der Waals surface area contributed by atoms with Crippen LogP contribution < -0.4 is 0 Å². The predicted molar refractivity (Wildman–Crippen MR) is 302 cm³/mol. The van der Waals surface area contributed by atoms with Crippen LogP contribution in [0, 0.1) is 0 Å². The van der Waals surface area contributed by atoms with Gasteiger partial charge >= 0.3 is 17.9 Å². The highest BCUT2D eigenvalue weighted by Crippen LogP contribution is 2.16. The van der Waals surface area contributed by atoms with Gasteiger partial charge in [0.25, 0.3) is 0 Å². The molecule has 1 unspecified atom stereocenters. The maximum Gasteiger partial charge on any atom is 0.306 e. The molecule has 0 aliphatic carbocycles. The van der Waals surface area contributed by atoms with Crippen molar-refractivity contribution in [2.45, 2.75) is 252 Å². The van der Waals surface area contributed by atoms with Gasteiger partial charge < -0.3 is 14.2 Å². The first-order chi connectivity index (χ1) is 34.5. The van der Waals surface area contributed by atoms with Crippen LogP contribution >= 0.6 is 0 Å². The van der Waals surface area contributed by atoms with E-state index in [0.717, 1.165) is 103 Å². The Bertz CT molecular complexity index is 1490. The molecule has 0 bridgehead atoms. The van der Waals surface area contributed by atoms with Gasteiger partial charge in [0, 0.05) is 19.3 Å². The molecule has 0 saturated heterocycles. The summed E-state index contributed by atoms with van der Waals surface area (Å²) < 4.78 is 16.8. The summed E-state index contributed by atoms with van der Waals surface area (Å²) in [5.74, 6) is -0.957. The summed E-state index contributed by atoms with van der Waals surface area (Å²) in [5, 5.41) is 0. The van der Waals surface area contributed by atoms with Gasteiger partial charge in [0.05, 0.1) is 0 Å². The van der Waals surface area contributed by atoms with Crippen molar-refractivity contribution in [3.8, 4) is 0 Å². The number of hydrogen-bond donors (Lipinski definition) is 0. The quantitative estimate of drug-likeness (QED) is 0.0199. The molecule has 6 heteroatoms. The Hall–Kier alpha value is -4.19. The Balaban J connectivity index is 4.51. The molecule has 0 aromatic carbocycles. The zero-order valence-electron chi connectivity index (χ0n) is 45.2. The molecule has 0 aromatic rings. The summed E-state index contributed by atoms with van der Waals surface area (Å²) in [7, 11) is 0. The normalized spacial score (nSPS) is 13.0. The number of ether oxygens (including phenoxy) is 3. The molecule has 0 aliphatic rings. The van der Waals surface area contributed by atoms with Gasteiger partial charge in [0.1, 0.15) is 13.2 Å². The van der Waals surface area contributed by atoms with Crippen molar-refractivity contribution in [1.82, 2.24) is 0 Å². The Labute approximate surface area is 431 Å². The number of allylic oxidation sites excluding steroid dienone is 20. The van der Waals surface area contributed by atoms with Crippen LogP contribution in [-0.4, -0.2) is 37.2 Å². The van der Waals surface area contributed by atoms with Crippen LogP contribution in [0.2, 0.25) is 0 Å². The molecular formula is C64H104O6. The van der Waals surface area contributed by atoms with Crippen molar-refractivity contribution in [2.75, 3.05) is 13.2 Å². The largest absolute Gasteiger partial charge is 0.462 e. The Morgan fingerprint density at radius 1 is 0.314 bits per heavy atom. The second-order valence-corrected chi connectivity index (χ2v) is 18.6. The van der Waals surface area contributed by atoms with Crippen LogP contribution in [0.5, 0.6) is 0 Å². The molecule has 0 fully saturated rings. The van der Waals surface area contributed by atoms with Gasteiger partial charge in [-0.2, -0.15) is 0 Å². The fourth-order valence-corrected chi connectivity index (χ4v) is 7.68.